The van der Waals surface area contributed by atoms with Crippen LogP contribution in [0.15, 0.2) is 9.95 Å². The maximum absolute atomic E-state index is 11.5. The lowest BCUT2D eigenvalue weighted by atomic mass is 10.2. The van der Waals surface area contributed by atoms with Crippen LogP contribution in [0, 0.1) is 0 Å². The van der Waals surface area contributed by atoms with E-state index >= 15 is 0 Å². The molecule has 2 N–H and O–H groups in total. The highest BCUT2D eigenvalue weighted by atomic mass is 32.2. The topological polar surface area (TPSA) is 62.7 Å². The summed E-state index contributed by atoms with van der Waals surface area (Å²) in [5.41, 5.74) is -0.0969. The summed E-state index contributed by atoms with van der Waals surface area (Å²) in [6.45, 7) is 8.15. The Hall–Kier alpha value is -0.750. The summed E-state index contributed by atoms with van der Waals surface area (Å²) in [7, 11) is 0. The zero-order valence-electron chi connectivity index (χ0n) is 11.5. The van der Waals surface area contributed by atoms with Crippen molar-refractivity contribution in [3.8, 4) is 0 Å². The van der Waals surface area contributed by atoms with E-state index in [1.54, 1.807) is 16.3 Å². The lowest BCUT2D eigenvalue weighted by Crippen LogP contribution is -2.25. The Morgan fingerprint density at radius 3 is 2.94 bits per heavy atom. The third-order valence-corrected chi connectivity index (χ3v) is 3.80. The number of H-pyrrole nitrogens is 1. The minimum absolute atomic E-state index is 0.0969. The number of hydrogen-bond donors (Lipinski definition) is 2. The van der Waals surface area contributed by atoms with Crippen LogP contribution >= 0.6 is 11.8 Å². The highest BCUT2D eigenvalue weighted by Gasteiger charge is 2.08. The van der Waals surface area contributed by atoms with Gasteiger partial charge in [-0.2, -0.15) is 0 Å². The number of nitrogens with zero attached hydrogens (tertiary/aromatic N) is 2. The van der Waals surface area contributed by atoms with Crippen molar-refractivity contribution in [2.45, 2.75) is 57.8 Å². The first-order chi connectivity index (χ1) is 8.69. The second kappa shape index (κ2) is 8.37. The highest BCUT2D eigenvalue weighted by molar-refractivity contribution is 7.99. The van der Waals surface area contributed by atoms with Gasteiger partial charge in [0.2, 0.25) is 0 Å². The van der Waals surface area contributed by atoms with Crippen molar-refractivity contribution in [3.05, 3.63) is 10.5 Å². The fourth-order valence-corrected chi connectivity index (χ4v) is 2.77. The summed E-state index contributed by atoms with van der Waals surface area (Å²) < 4.78 is 1.72. The van der Waals surface area contributed by atoms with E-state index in [1.165, 1.54) is 0 Å². The van der Waals surface area contributed by atoms with Gasteiger partial charge in [0, 0.05) is 18.3 Å². The fraction of sp³-hybridized carbons (Fsp3) is 0.833. The van der Waals surface area contributed by atoms with Crippen molar-refractivity contribution in [2.24, 2.45) is 0 Å². The number of rotatable bonds is 9. The van der Waals surface area contributed by atoms with Crippen LogP contribution < -0.4 is 11.0 Å². The van der Waals surface area contributed by atoms with E-state index in [0.29, 0.717) is 6.04 Å². The van der Waals surface area contributed by atoms with Gasteiger partial charge >= 0.3 is 5.69 Å². The van der Waals surface area contributed by atoms with Crippen molar-refractivity contribution in [1.82, 2.24) is 20.1 Å². The largest absolute Gasteiger partial charge is 0.343 e. The molecule has 1 heterocycles. The van der Waals surface area contributed by atoms with Gasteiger partial charge in [0.05, 0.1) is 0 Å². The third kappa shape index (κ3) is 4.86. The Kier molecular flexibility index (Phi) is 7.12. The van der Waals surface area contributed by atoms with Gasteiger partial charge in [-0.1, -0.05) is 25.6 Å². The SMILES string of the molecule is CCCn1c(SCCCC(C)NCC)n[nH]c1=O. The molecule has 1 unspecified atom stereocenters. The van der Waals surface area contributed by atoms with Gasteiger partial charge < -0.3 is 5.32 Å². The molecular formula is C12H24N4OS. The van der Waals surface area contributed by atoms with E-state index in [2.05, 4.69) is 36.3 Å². The average Bonchev–Trinajstić information content (AvgIpc) is 2.68. The van der Waals surface area contributed by atoms with Crippen molar-refractivity contribution in [3.63, 3.8) is 0 Å². The lowest BCUT2D eigenvalue weighted by Gasteiger charge is -2.11. The Bertz CT molecular complexity index is 388. The monoisotopic (exact) mass is 272 g/mol. The molecule has 5 nitrogen and oxygen atoms in total. The molecule has 0 fully saturated rings. The van der Waals surface area contributed by atoms with Gasteiger partial charge in [-0.05, 0) is 32.7 Å². The molecule has 0 aliphatic rings. The summed E-state index contributed by atoms with van der Waals surface area (Å²) >= 11 is 1.66. The van der Waals surface area contributed by atoms with Crippen molar-refractivity contribution >= 4 is 11.8 Å². The van der Waals surface area contributed by atoms with Crippen LogP contribution in [-0.4, -0.2) is 33.1 Å². The molecule has 0 radical (unpaired) electrons. The summed E-state index contributed by atoms with van der Waals surface area (Å²) in [4.78, 5) is 11.5. The van der Waals surface area contributed by atoms with Crippen LogP contribution in [-0.2, 0) is 6.54 Å². The van der Waals surface area contributed by atoms with Crippen molar-refractivity contribution < 1.29 is 0 Å². The number of nitrogens with one attached hydrogen (secondary N) is 2. The molecule has 1 aromatic heterocycles. The molecule has 0 aliphatic carbocycles. The van der Waals surface area contributed by atoms with Crippen molar-refractivity contribution in [1.29, 1.82) is 0 Å². The molecule has 0 amide bonds. The maximum atomic E-state index is 11.5. The molecule has 1 atom stereocenters. The Morgan fingerprint density at radius 2 is 2.28 bits per heavy atom. The molecule has 1 aromatic rings. The van der Waals surface area contributed by atoms with E-state index in [0.717, 1.165) is 43.3 Å². The highest BCUT2D eigenvalue weighted by Crippen LogP contribution is 2.15. The predicted octanol–water partition coefficient (Wildman–Crippen LogP) is 1.85. The van der Waals surface area contributed by atoms with Gasteiger partial charge in [-0.15, -0.1) is 5.10 Å². The van der Waals surface area contributed by atoms with Gasteiger partial charge in [-0.25, -0.2) is 9.89 Å². The van der Waals surface area contributed by atoms with E-state index in [9.17, 15) is 4.79 Å². The molecule has 0 aromatic carbocycles. The minimum Gasteiger partial charge on any atom is -0.315 e. The van der Waals surface area contributed by atoms with Gasteiger partial charge in [0.15, 0.2) is 5.16 Å². The second-order valence-corrected chi connectivity index (χ2v) is 5.47. The third-order valence-electron chi connectivity index (χ3n) is 2.74. The zero-order chi connectivity index (χ0) is 13.4. The standard InChI is InChI=1S/C12H24N4OS/c1-4-8-16-11(17)14-15-12(16)18-9-6-7-10(3)13-5-2/h10,13H,4-9H2,1-3H3,(H,14,17). The fourth-order valence-electron chi connectivity index (χ4n) is 1.84. The first-order valence-corrected chi connectivity index (χ1v) is 7.69. The molecule has 18 heavy (non-hydrogen) atoms. The van der Waals surface area contributed by atoms with Crippen LogP contribution in [0.5, 0.6) is 0 Å². The quantitative estimate of drug-likeness (QED) is 0.532. The molecule has 1 rings (SSSR count). The maximum Gasteiger partial charge on any atom is 0.343 e. The van der Waals surface area contributed by atoms with Crippen LogP contribution in [0.3, 0.4) is 0 Å². The second-order valence-electron chi connectivity index (χ2n) is 4.41. The molecule has 0 aliphatic heterocycles. The molecular weight excluding hydrogens is 248 g/mol. The van der Waals surface area contributed by atoms with E-state index < -0.39 is 0 Å². The first-order valence-electron chi connectivity index (χ1n) is 6.70. The number of aromatic nitrogens is 3. The summed E-state index contributed by atoms with van der Waals surface area (Å²) in [6, 6.07) is 0.563. The lowest BCUT2D eigenvalue weighted by molar-refractivity contribution is 0.526. The first kappa shape index (κ1) is 15.3. The van der Waals surface area contributed by atoms with Crippen LogP contribution in [0.4, 0.5) is 0 Å². The Labute approximate surface area is 113 Å². The summed E-state index contributed by atoms with van der Waals surface area (Å²) in [5.74, 6) is 1.00. The minimum atomic E-state index is -0.0969. The molecule has 6 heteroatoms. The van der Waals surface area contributed by atoms with Crippen LogP contribution in [0.25, 0.3) is 0 Å². The number of thioether (sulfide) groups is 1. The van der Waals surface area contributed by atoms with Gasteiger partial charge in [0.25, 0.3) is 0 Å². The molecule has 0 spiro atoms. The smallest absolute Gasteiger partial charge is 0.315 e. The molecule has 0 saturated heterocycles. The van der Waals surface area contributed by atoms with Crippen LogP contribution in [0.2, 0.25) is 0 Å². The van der Waals surface area contributed by atoms with Gasteiger partial charge in [-0.3, -0.25) is 4.57 Å². The molecule has 0 bridgehead atoms. The van der Waals surface area contributed by atoms with E-state index in [4.69, 9.17) is 0 Å². The predicted molar refractivity (Wildman–Crippen MR) is 76.2 cm³/mol. The Morgan fingerprint density at radius 1 is 1.50 bits per heavy atom. The summed E-state index contributed by atoms with van der Waals surface area (Å²) in [6.07, 6.45) is 3.24. The van der Waals surface area contributed by atoms with E-state index in [1.807, 2.05) is 0 Å². The number of aromatic amines is 1. The van der Waals surface area contributed by atoms with E-state index in [-0.39, 0.29) is 5.69 Å². The average molecular weight is 272 g/mol. The normalized spacial score (nSPS) is 12.8. The molecule has 104 valence electrons. The van der Waals surface area contributed by atoms with Crippen LogP contribution in [0.1, 0.15) is 40.0 Å². The number of hydrogen-bond acceptors (Lipinski definition) is 4. The van der Waals surface area contributed by atoms with Gasteiger partial charge in [0.1, 0.15) is 0 Å². The zero-order valence-corrected chi connectivity index (χ0v) is 12.3. The molecule has 0 saturated carbocycles. The summed E-state index contributed by atoms with van der Waals surface area (Å²) in [5, 5.41) is 10.8. The Balaban J connectivity index is 2.33. The van der Waals surface area contributed by atoms with Crippen molar-refractivity contribution in [2.75, 3.05) is 12.3 Å².